The number of hydrogen-bond donors (Lipinski definition) is 0. The van der Waals surface area contributed by atoms with Crippen LogP contribution in [0.15, 0.2) is 18.2 Å². The minimum absolute atomic E-state index is 0.286. The molecular formula is C14H19BrO2. The smallest absolute Gasteiger partial charge is 0.119 e. The third-order valence-electron chi connectivity index (χ3n) is 3.32. The molecule has 2 unspecified atom stereocenters. The van der Waals surface area contributed by atoms with Gasteiger partial charge in [-0.2, -0.15) is 0 Å². The maximum atomic E-state index is 5.83. The first-order valence-corrected chi connectivity index (χ1v) is 7.04. The van der Waals surface area contributed by atoms with Gasteiger partial charge in [0.2, 0.25) is 0 Å². The lowest BCUT2D eigenvalue weighted by Crippen LogP contribution is -2.23. The molecule has 2 rings (SSSR count). The third kappa shape index (κ3) is 3.02. The number of halogens is 1. The molecule has 0 saturated carbocycles. The van der Waals surface area contributed by atoms with Crippen molar-refractivity contribution in [3.8, 4) is 5.75 Å². The Morgan fingerprint density at radius 3 is 2.82 bits per heavy atom. The minimum Gasteiger partial charge on any atom is -0.497 e. The van der Waals surface area contributed by atoms with Crippen LogP contribution in [0.3, 0.4) is 0 Å². The van der Waals surface area contributed by atoms with Crippen LogP contribution in [0.4, 0.5) is 0 Å². The van der Waals surface area contributed by atoms with Gasteiger partial charge in [0.25, 0.3) is 0 Å². The SMILES string of the molecule is COc1ccc(C(Br)C2CCCCO2)c(C)c1. The van der Waals surface area contributed by atoms with Gasteiger partial charge in [0.15, 0.2) is 0 Å². The Bertz CT molecular complexity index is 372. The standard InChI is InChI=1S/C14H19BrO2/c1-10-9-11(16-2)6-7-12(10)14(15)13-5-3-4-8-17-13/h6-7,9,13-14H,3-5,8H2,1-2H3. The highest BCUT2D eigenvalue weighted by Crippen LogP contribution is 2.36. The van der Waals surface area contributed by atoms with Crippen LogP contribution in [0.2, 0.25) is 0 Å². The van der Waals surface area contributed by atoms with Gasteiger partial charge in [-0.3, -0.25) is 0 Å². The van der Waals surface area contributed by atoms with E-state index in [9.17, 15) is 0 Å². The molecule has 2 nitrogen and oxygen atoms in total. The van der Waals surface area contributed by atoms with Gasteiger partial charge in [0.05, 0.1) is 18.0 Å². The zero-order chi connectivity index (χ0) is 12.3. The first-order valence-electron chi connectivity index (χ1n) is 6.12. The van der Waals surface area contributed by atoms with Crippen molar-refractivity contribution in [2.75, 3.05) is 13.7 Å². The lowest BCUT2D eigenvalue weighted by atomic mass is 9.98. The summed E-state index contributed by atoms with van der Waals surface area (Å²) < 4.78 is 11.1. The molecule has 1 aromatic rings. The van der Waals surface area contributed by atoms with E-state index in [4.69, 9.17) is 9.47 Å². The van der Waals surface area contributed by atoms with Crippen LogP contribution in [-0.2, 0) is 4.74 Å². The summed E-state index contributed by atoms with van der Waals surface area (Å²) in [6.07, 6.45) is 3.90. The Labute approximate surface area is 111 Å². The van der Waals surface area contributed by atoms with Gasteiger partial charge in [0, 0.05) is 6.61 Å². The molecule has 1 fully saturated rings. The molecule has 3 heteroatoms. The van der Waals surface area contributed by atoms with Gasteiger partial charge < -0.3 is 9.47 Å². The average molecular weight is 299 g/mol. The van der Waals surface area contributed by atoms with Gasteiger partial charge >= 0.3 is 0 Å². The molecule has 0 spiro atoms. The van der Waals surface area contributed by atoms with Crippen LogP contribution >= 0.6 is 15.9 Å². The van der Waals surface area contributed by atoms with Crippen molar-refractivity contribution in [3.05, 3.63) is 29.3 Å². The molecule has 0 bridgehead atoms. The summed E-state index contributed by atoms with van der Waals surface area (Å²) in [4.78, 5) is 0.286. The molecule has 17 heavy (non-hydrogen) atoms. The number of aryl methyl sites for hydroxylation is 1. The molecule has 1 saturated heterocycles. The summed E-state index contributed by atoms with van der Waals surface area (Å²) in [7, 11) is 1.70. The van der Waals surface area contributed by atoms with Gasteiger partial charge in [0.1, 0.15) is 5.75 Å². The molecular weight excluding hydrogens is 280 g/mol. The molecule has 1 heterocycles. The van der Waals surface area contributed by atoms with E-state index in [2.05, 4.69) is 35.0 Å². The predicted octanol–water partition coefficient (Wildman–Crippen LogP) is 4.01. The molecule has 0 aliphatic carbocycles. The van der Waals surface area contributed by atoms with E-state index in [0.29, 0.717) is 6.10 Å². The van der Waals surface area contributed by atoms with Crippen molar-refractivity contribution >= 4 is 15.9 Å². The Kier molecular flexibility index (Phi) is 4.46. The molecule has 1 aliphatic rings. The van der Waals surface area contributed by atoms with Crippen LogP contribution in [0.5, 0.6) is 5.75 Å². The Morgan fingerprint density at radius 2 is 2.24 bits per heavy atom. The van der Waals surface area contributed by atoms with Crippen LogP contribution in [0.1, 0.15) is 35.2 Å². The normalized spacial score (nSPS) is 22.2. The number of rotatable bonds is 3. The van der Waals surface area contributed by atoms with Gasteiger partial charge in [-0.1, -0.05) is 22.0 Å². The van der Waals surface area contributed by atoms with E-state index in [1.807, 2.05) is 6.07 Å². The van der Waals surface area contributed by atoms with E-state index < -0.39 is 0 Å². The van der Waals surface area contributed by atoms with E-state index in [-0.39, 0.29) is 4.83 Å². The maximum Gasteiger partial charge on any atom is 0.119 e. The van der Waals surface area contributed by atoms with Crippen LogP contribution in [0.25, 0.3) is 0 Å². The van der Waals surface area contributed by atoms with E-state index in [1.165, 1.54) is 24.0 Å². The molecule has 2 atom stereocenters. The maximum absolute atomic E-state index is 5.83. The summed E-state index contributed by atoms with van der Waals surface area (Å²) >= 11 is 3.78. The zero-order valence-corrected chi connectivity index (χ0v) is 12.0. The molecule has 0 amide bonds. The van der Waals surface area contributed by atoms with E-state index in [1.54, 1.807) is 7.11 Å². The number of alkyl halides is 1. The largest absolute Gasteiger partial charge is 0.497 e. The molecule has 1 aromatic carbocycles. The Balaban J connectivity index is 2.15. The lowest BCUT2D eigenvalue weighted by Gasteiger charge is -2.28. The third-order valence-corrected chi connectivity index (χ3v) is 4.40. The zero-order valence-electron chi connectivity index (χ0n) is 10.4. The highest BCUT2D eigenvalue weighted by molar-refractivity contribution is 9.09. The van der Waals surface area contributed by atoms with Crippen molar-refractivity contribution in [1.29, 1.82) is 0 Å². The number of benzene rings is 1. The van der Waals surface area contributed by atoms with Crippen molar-refractivity contribution in [1.82, 2.24) is 0 Å². The van der Waals surface area contributed by atoms with Crippen molar-refractivity contribution in [2.24, 2.45) is 0 Å². The fourth-order valence-corrected chi connectivity index (χ4v) is 3.21. The highest BCUT2D eigenvalue weighted by Gasteiger charge is 2.24. The van der Waals surface area contributed by atoms with Crippen LogP contribution in [0, 0.1) is 6.92 Å². The predicted molar refractivity (Wildman–Crippen MR) is 73.0 cm³/mol. The van der Waals surface area contributed by atoms with E-state index in [0.717, 1.165) is 18.8 Å². The molecule has 0 radical (unpaired) electrons. The van der Waals surface area contributed by atoms with Crippen molar-refractivity contribution < 1.29 is 9.47 Å². The summed E-state index contributed by atoms with van der Waals surface area (Å²) in [5, 5.41) is 0. The summed E-state index contributed by atoms with van der Waals surface area (Å²) in [6, 6.07) is 6.22. The molecule has 1 aliphatic heterocycles. The lowest BCUT2D eigenvalue weighted by molar-refractivity contribution is 0.0159. The summed E-state index contributed by atoms with van der Waals surface area (Å²) in [5.74, 6) is 0.913. The van der Waals surface area contributed by atoms with Gasteiger partial charge in [-0.05, 0) is 49.4 Å². The summed E-state index contributed by atoms with van der Waals surface area (Å²) in [5.41, 5.74) is 2.55. The first kappa shape index (κ1) is 12.9. The van der Waals surface area contributed by atoms with Crippen LogP contribution in [-0.4, -0.2) is 19.8 Å². The van der Waals surface area contributed by atoms with Gasteiger partial charge in [-0.25, -0.2) is 0 Å². The second-order valence-electron chi connectivity index (χ2n) is 4.53. The topological polar surface area (TPSA) is 18.5 Å². The van der Waals surface area contributed by atoms with Crippen LogP contribution < -0.4 is 4.74 Å². The average Bonchev–Trinajstić information content (AvgIpc) is 2.39. The fourth-order valence-electron chi connectivity index (χ4n) is 2.28. The van der Waals surface area contributed by atoms with Crippen molar-refractivity contribution in [2.45, 2.75) is 37.1 Å². The molecule has 94 valence electrons. The fraction of sp³-hybridized carbons (Fsp3) is 0.571. The number of methoxy groups -OCH3 is 1. The molecule has 0 N–H and O–H groups in total. The number of hydrogen-bond acceptors (Lipinski definition) is 2. The Morgan fingerprint density at radius 1 is 1.41 bits per heavy atom. The first-order chi connectivity index (χ1) is 8.22. The monoisotopic (exact) mass is 298 g/mol. The number of ether oxygens (including phenoxy) is 2. The quantitative estimate of drug-likeness (QED) is 0.785. The second kappa shape index (κ2) is 5.87. The van der Waals surface area contributed by atoms with Gasteiger partial charge in [-0.15, -0.1) is 0 Å². The second-order valence-corrected chi connectivity index (χ2v) is 5.52. The Hall–Kier alpha value is -0.540. The minimum atomic E-state index is 0.286. The highest BCUT2D eigenvalue weighted by atomic mass is 79.9. The van der Waals surface area contributed by atoms with Crippen molar-refractivity contribution in [3.63, 3.8) is 0 Å². The van der Waals surface area contributed by atoms with E-state index >= 15 is 0 Å². The summed E-state index contributed by atoms with van der Waals surface area (Å²) in [6.45, 7) is 3.01. The molecule has 0 aromatic heterocycles.